The number of fused-ring (bicyclic) bond motifs is 1. The molecule has 2 heterocycles. The van der Waals surface area contributed by atoms with Crippen LogP contribution in [0.1, 0.15) is 31.0 Å². The third kappa shape index (κ3) is 3.68. The van der Waals surface area contributed by atoms with Crippen LogP contribution in [0.5, 0.6) is 0 Å². The van der Waals surface area contributed by atoms with E-state index in [2.05, 4.69) is 41.3 Å². The molecule has 0 radical (unpaired) electrons. The number of hydrogen-bond acceptors (Lipinski definition) is 3. The molecule has 1 aromatic heterocycles. The van der Waals surface area contributed by atoms with Gasteiger partial charge in [0.15, 0.2) is 0 Å². The molecule has 0 aliphatic carbocycles. The van der Waals surface area contributed by atoms with E-state index in [4.69, 9.17) is 0 Å². The number of rotatable bonds is 2. The summed E-state index contributed by atoms with van der Waals surface area (Å²) in [5.74, 6) is 0. The largest absolute Gasteiger partial charge is 0.372 e. The van der Waals surface area contributed by atoms with Gasteiger partial charge in [-0.05, 0) is 37.1 Å². The number of pyridine rings is 1. The van der Waals surface area contributed by atoms with Crippen LogP contribution in [0.15, 0.2) is 47.4 Å². The van der Waals surface area contributed by atoms with E-state index in [1.807, 2.05) is 24.0 Å². The Morgan fingerprint density at radius 1 is 1.32 bits per heavy atom. The van der Waals surface area contributed by atoms with Gasteiger partial charge in [0.05, 0.1) is 6.04 Å². The average molecular weight is 340 g/mol. The Bertz CT molecular complexity index is 817. The molecule has 6 nitrogen and oxygen atoms in total. The number of amides is 2. The maximum atomic E-state index is 12.9. The van der Waals surface area contributed by atoms with Gasteiger partial charge in [0, 0.05) is 44.1 Å². The molecule has 0 saturated carbocycles. The van der Waals surface area contributed by atoms with Crippen molar-refractivity contribution in [3.8, 4) is 0 Å². The van der Waals surface area contributed by atoms with Crippen molar-refractivity contribution in [2.45, 2.75) is 32.5 Å². The van der Waals surface area contributed by atoms with Crippen LogP contribution < -0.4 is 15.8 Å². The number of nitrogens with zero attached hydrogens (tertiary/aromatic N) is 2. The van der Waals surface area contributed by atoms with E-state index in [0.717, 1.165) is 23.4 Å². The van der Waals surface area contributed by atoms with E-state index >= 15 is 0 Å². The first kappa shape index (κ1) is 17.1. The van der Waals surface area contributed by atoms with E-state index in [1.54, 1.807) is 12.3 Å². The molecule has 25 heavy (non-hydrogen) atoms. The highest BCUT2D eigenvalue weighted by molar-refractivity contribution is 5.76. The van der Waals surface area contributed by atoms with Crippen molar-refractivity contribution in [2.75, 3.05) is 18.5 Å². The molecule has 3 rings (SSSR count). The highest BCUT2D eigenvalue weighted by Gasteiger charge is 2.27. The summed E-state index contributed by atoms with van der Waals surface area (Å²) in [5.41, 5.74) is 2.91. The zero-order chi connectivity index (χ0) is 18.0. The Morgan fingerprint density at radius 2 is 2.08 bits per heavy atom. The van der Waals surface area contributed by atoms with Gasteiger partial charge in [-0.2, -0.15) is 0 Å². The molecule has 2 aromatic rings. The summed E-state index contributed by atoms with van der Waals surface area (Å²) < 4.78 is 0. The topological polar surface area (TPSA) is 68.4 Å². The van der Waals surface area contributed by atoms with Crippen molar-refractivity contribution in [1.82, 2.24) is 15.2 Å². The fourth-order valence-corrected chi connectivity index (χ4v) is 3.30. The number of carbonyl (C=O) groups is 1. The number of aromatic nitrogens is 1. The smallest absolute Gasteiger partial charge is 0.318 e. The summed E-state index contributed by atoms with van der Waals surface area (Å²) in [5, 5.41) is 3.01. The third-order valence-corrected chi connectivity index (χ3v) is 4.71. The summed E-state index contributed by atoms with van der Waals surface area (Å²) in [6, 6.07) is 11.2. The minimum absolute atomic E-state index is 0.0729. The predicted molar refractivity (Wildman–Crippen MR) is 98.7 cm³/mol. The van der Waals surface area contributed by atoms with Crippen LogP contribution in [-0.4, -0.2) is 35.5 Å². The van der Waals surface area contributed by atoms with E-state index in [0.29, 0.717) is 6.54 Å². The van der Waals surface area contributed by atoms with Crippen LogP contribution >= 0.6 is 0 Å². The zero-order valence-corrected chi connectivity index (χ0v) is 14.8. The van der Waals surface area contributed by atoms with Crippen molar-refractivity contribution in [1.29, 1.82) is 0 Å². The van der Waals surface area contributed by atoms with E-state index in [-0.39, 0.29) is 23.7 Å². The number of hydrogen-bond donors (Lipinski definition) is 2. The fourth-order valence-electron chi connectivity index (χ4n) is 3.30. The van der Waals surface area contributed by atoms with Gasteiger partial charge in [0.1, 0.15) is 0 Å². The van der Waals surface area contributed by atoms with Crippen LogP contribution in [-0.2, 0) is 6.54 Å². The standard InChI is InChI=1S/C19H24N4O2/c1-13-11-22(3)17-7-5-4-6-16(17)12-23(13)19(25)21-14(2)15-8-9-20-18(24)10-15/h4-10,13-14H,11-12H2,1-3H3,(H,20,24)(H,21,25)/t13-,14?/m0/s1. The quantitative estimate of drug-likeness (QED) is 0.882. The molecule has 0 bridgehead atoms. The van der Waals surface area contributed by atoms with Gasteiger partial charge >= 0.3 is 6.03 Å². The third-order valence-electron chi connectivity index (χ3n) is 4.71. The molecule has 1 aromatic carbocycles. The first-order valence-electron chi connectivity index (χ1n) is 8.50. The number of anilines is 1. The maximum Gasteiger partial charge on any atom is 0.318 e. The number of carbonyl (C=O) groups excluding carboxylic acids is 1. The summed E-state index contributed by atoms with van der Waals surface area (Å²) in [4.78, 5) is 31.0. The number of nitrogens with one attached hydrogen (secondary N) is 2. The first-order chi connectivity index (χ1) is 12.0. The normalized spacial score (nSPS) is 18.3. The number of benzene rings is 1. The molecule has 1 unspecified atom stereocenters. The fraction of sp³-hybridized carbons (Fsp3) is 0.368. The van der Waals surface area contributed by atoms with Crippen LogP contribution in [0.3, 0.4) is 0 Å². The number of aromatic amines is 1. The van der Waals surface area contributed by atoms with Crippen LogP contribution in [0.4, 0.5) is 10.5 Å². The molecule has 6 heteroatoms. The second kappa shape index (κ2) is 7.01. The lowest BCUT2D eigenvalue weighted by Crippen LogP contribution is -2.47. The second-order valence-electron chi connectivity index (χ2n) is 6.64. The number of likely N-dealkylation sites (N-methyl/N-ethyl adjacent to an activating group) is 1. The highest BCUT2D eigenvalue weighted by atomic mass is 16.2. The van der Waals surface area contributed by atoms with E-state index in [9.17, 15) is 9.59 Å². The van der Waals surface area contributed by atoms with Crippen molar-refractivity contribution in [2.24, 2.45) is 0 Å². The van der Waals surface area contributed by atoms with Gasteiger partial charge in [0.2, 0.25) is 5.56 Å². The molecule has 132 valence electrons. The molecule has 2 atom stereocenters. The molecule has 1 aliphatic rings. The lowest BCUT2D eigenvalue weighted by Gasteiger charge is -2.30. The van der Waals surface area contributed by atoms with Gasteiger partial charge in [-0.25, -0.2) is 4.79 Å². The van der Waals surface area contributed by atoms with Gasteiger partial charge < -0.3 is 20.1 Å². The lowest BCUT2D eigenvalue weighted by atomic mass is 10.1. The van der Waals surface area contributed by atoms with Crippen molar-refractivity contribution in [3.05, 3.63) is 64.1 Å². The summed E-state index contributed by atoms with van der Waals surface area (Å²) in [7, 11) is 2.05. The minimum Gasteiger partial charge on any atom is -0.372 e. The van der Waals surface area contributed by atoms with Gasteiger partial charge in [-0.15, -0.1) is 0 Å². The minimum atomic E-state index is -0.238. The Morgan fingerprint density at radius 3 is 2.84 bits per heavy atom. The molecule has 1 aliphatic heterocycles. The molecule has 2 amide bonds. The van der Waals surface area contributed by atoms with Crippen LogP contribution in [0.25, 0.3) is 0 Å². The van der Waals surface area contributed by atoms with Gasteiger partial charge in [-0.1, -0.05) is 18.2 Å². The Balaban J connectivity index is 1.78. The maximum absolute atomic E-state index is 12.9. The summed E-state index contributed by atoms with van der Waals surface area (Å²) in [6.45, 7) is 5.27. The van der Waals surface area contributed by atoms with Crippen molar-refractivity contribution < 1.29 is 4.79 Å². The number of para-hydroxylation sites is 1. The van der Waals surface area contributed by atoms with Gasteiger partial charge in [0.25, 0.3) is 0 Å². The van der Waals surface area contributed by atoms with E-state index in [1.165, 1.54) is 6.07 Å². The Hall–Kier alpha value is -2.76. The Labute approximate surface area is 147 Å². The summed E-state index contributed by atoms with van der Waals surface area (Å²) >= 11 is 0. The zero-order valence-electron chi connectivity index (χ0n) is 14.8. The molecule has 0 saturated heterocycles. The van der Waals surface area contributed by atoms with Crippen molar-refractivity contribution >= 4 is 11.7 Å². The monoisotopic (exact) mass is 340 g/mol. The van der Waals surface area contributed by atoms with Crippen LogP contribution in [0, 0.1) is 0 Å². The molecular formula is C19H24N4O2. The highest BCUT2D eigenvalue weighted by Crippen LogP contribution is 2.26. The van der Waals surface area contributed by atoms with Crippen molar-refractivity contribution in [3.63, 3.8) is 0 Å². The van der Waals surface area contributed by atoms with Gasteiger partial charge in [-0.3, -0.25) is 4.79 Å². The number of urea groups is 1. The molecule has 2 N–H and O–H groups in total. The molecule has 0 fully saturated rings. The second-order valence-corrected chi connectivity index (χ2v) is 6.64. The molecule has 0 spiro atoms. The average Bonchev–Trinajstić information content (AvgIpc) is 2.71. The Kier molecular flexibility index (Phi) is 4.79. The molecular weight excluding hydrogens is 316 g/mol. The first-order valence-corrected chi connectivity index (χ1v) is 8.50. The summed E-state index contributed by atoms with van der Waals surface area (Å²) in [6.07, 6.45) is 1.60. The SMILES string of the molecule is CC(NC(=O)N1Cc2ccccc2N(C)C[C@@H]1C)c1cc[nH]c(=O)c1. The number of H-pyrrole nitrogens is 1. The van der Waals surface area contributed by atoms with Crippen LogP contribution in [0.2, 0.25) is 0 Å². The van der Waals surface area contributed by atoms with E-state index < -0.39 is 0 Å². The lowest BCUT2D eigenvalue weighted by molar-refractivity contribution is 0.175. The predicted octanol–water partition coefficient (Wildman–Crippen LogP) is 2.49.